The molecule has 3 nitrogen and oxygen atoms in total. The standard InChI is InChI=1S/C15H18BrN3/c1-3-17-14-9-6-10-15(18-14)19(2)11-12-7-4-5-8-13(12)16/h4-10H,3,11H2,1-2H3,(H,17,18). The lowest BCUT2D eigenvalue weighted by Crippen LogP contribution is -2.18. The van der Waals surface area contributed by atoms with Crippen LogP contribution in [0.3, 0.4) is 0 Å². The van der Waals surface area contributed by atoms with E-state index in [1.165, 1.54) is 5.56 Å². The Balaban J connectivity index is 2.13. The Morgan fingerprint density at radius 3 is 2.68 bits per heavy atom. The van der Waals surface area contributed by atoms with Gasteiger partial charge in [0.15, 0.2) is 0 Å². The second-order valence-electron chi connectivity index (χ2n) is 4.36. The zero-order valence-corrected chi connectivity index (χ0v) is 12.8. The van der Waals surface area contributed by atoms with Crippen LogP contribution in [0.15, 0.2) is 46.9 Å². The summed E-state index contributed by atoms with van der Waals surface area (Å²) in [5, 5.41) is 3.23. The molecule has 100 valence electrons. The number of nitrogens with one attached hydrogen (secondary N) is 1. The van der Waals surface area contributed by atoms with Crippen molar-refractivity contribution in [1.29, 1.82) is 0 Å². The molecule has 0 bridgehead atoms. The molecule has 1 heterocycles. The maximum absolute atomic E-state index is 4.59. The molecule has 2 rings (SSSR count). The van der Waals surface area contributed by atoms with Gasteiger partial charge in [0.1, 0.15) is 11.6 Å². The van der Waals surface area contributed by atoms with Crippen molar-refractivity contribution >= 4 is 27.6 Å². The summed E-state index contributed by atoms with van der Waals surface area (Å²) in [5.74, 6) is 1.88. The Bertz CT molecular complexity index is 542. The molecule has 0 radical (unpaired) electrons. The van der Waals surface area contributed by atoms with Gasteiger partial charge in [0.05, 0.1) is 0 Å². The van der Waals surface area contributed by atoms with Crippen molar-refractivity contribution in [1.82, 2.24) is 4.98 Å². The van der Waals surface area contributed by atoms with E-state index in [9.17, 15) is 0 Å². The molecular weight excluding hydrogens is 302 g/mol. The number of hydrogen-bond donors (Lipinski definition) is 1. The molecule has 0 unspecified atom stereocenters. The highest BCUT2D eigenvalue weighted by atomic mass is 79.9. The van der Waals surface area contributed by atoms with Crippen LogP contribution in [-0.2, 0) is 6.54 Å². The summed E-state index contributed by atoms with van der Waals surface area (Å²) in [6.07, 6.45) is 0. The van der Waals surface area contributed by atoms with E-state index in [1.54, 1.807) is 0 Å². The Morgan fingerprint density at radius 2 is 1.95 bits per heavy atom. The quantitative estimate of drug-likeness (QED) is 0.905. The Labute approximate surface area is 122 Å². The van der Waals surface area contributed by atoms with Crippen LogP contribution < -0.4 is 10.2 Å². The van der Waals surface area contributed by atoms with Gasteiger partial charge in [0, 0.05) is 24.6 Å². The monoisotopic (exact) mass is 319 g/mol. The first kappa shape index (κ1) is 13.9. The predicted molar refractivity (Wildman–Crippen MR) is 84.6 cm³/mol. The van der Waals surface area contributed by atoms with Gasteiger partial charge in [0.2, 0.25) is 0 Å². The molecule has 0 amide bonds. The number of nitrogens with zero attached hydrogens (tertiary/aromatic N) is 2. The van der Waals surface area contributed by atoms with Gasteiger partial charge in [-0.2, -0.15) is 0 Å². The summed E-state index contributed by atoms with van der Waals surface area (Å²) < 4.78 is 1.13. The first-order chi connectivity index (χ1) is 9.20. The average molecular weight is 320 g/mol. The fourth-order valence-electron chi connectivity index (χ4n) is 1.88. The third-order valence-electron chi connectivity index (χ3n) is 2.85. The van der Waals surface area contributed by atoms with Crippen molar-refractivity contribution in [3.8, 4) is 0 Å². The van der Waals surface area contributed by atoms with E-state index in [0.717, 1.165) is 29.2 Å². The van der Waals surface area contributed by atoms with Crippen LogP contribution in [0, 0.1) is 0 Å². The van der Waals surface area contributed by atoms with Gasteiger partial charge in [0.25, 0.3) is 0 Å². The SMILES string of the molecule is CCNc1cccc(N(C)Cc2ccccc2Br)n1. The Morgan fingerprint density at radius 1 is 1.16 bits per heavy atom. The molecule has 1 aromatic heterocycles. The van der Waals surface area contributed by atoms with Gasteiger partial charge >= 0.3 is 0 Å². The summed E-state index contributed by atoms with van der Waals surface area (Å²) in [5.41, 5.74) is 1.25. The predicted octanol–water partition coefficient (Wildman–Crippen LogP) is 3.91. The lowest BCUT2D eigenvalue weighted by Gasteiger charge is -2.19. The molecule has 0 aliphatic rings. The number of anilines is 2. The van der Waals surface area contributed by atoms with Gasteiger partial charge in [-0.15, -0.1) is 0 Å². The molecule has 1 aromatic carbocycles. The molecule has 0 saturated carbocycles. The van der Waals surface area contributed by atoms with Gasteiger partial charge in [-0.05, 0) is 30.7 Å². The van der Waals surface area contributed by atoms with Crippen molar-refractivity contribution in [2.45, 2.75) is 13.5 Å². The Kier molecular flexibility index (Phi) is 4.80. The largest absolute Gasteiger partial charge is 0.370 e. The highest BCUT2D eigenvalue weighted by molar-refractivity contribution is 9.10. The van der Waals surface area contributed by atoms with Gasteiger partial charge in [-0.1, -0.05) is 40.2 Å². The van der Waals surface area contributed by atoms with E-state index in [2.05, 4.69) is 63.3 Å². The zero-order chi connectivity index (χ0) is 13.7. The van der Waals surface area contributed by atoms with Crippen molar-refractivity contribution in [2.24, 2.45) is 0 Å². The van der Waals surface area contributed by atoms with E-state index >= 15 is 0 Å². The molecule has 19 heavy (non-hydrogen) atoms. The molecule has 4 heteroatoms. The number of pyridine rings is 1. The average Bonchev–Trinajstić information content (AvgIpc) is 2.42. The van der Waals surface area contributed by atoms with Crippen molar-refractivity contribution in [3.63, 3.8) is 0 Å². The lowest BCUT2D eigenvalue weighted by molar-refractivity contribution is 0.894. The first-order valence-corrected chi connectivity index (χ1v) is 7.15. The highest BCUT2D eigenvalue weighted by Gasteiger charge is 2.06. The van der Waals surface area contributed by atoms with E-state index in [4.69, 9.17) is 0 Å². The second kappa shape index (κ2) is 6.57. The summed E-state index contributed by atoms with van der Waals surface area (Å²) >= 11 is 3.58. The Hall–Kier alpha value is -1.55. The topological polar surface area (TPSA) is 28.2 Å². The van der Waals surface area contributed by atoms with Crippen molar-refractivity contribution in [3.05, 3.63) is 52.5 Å². The fraction of sp³-hybridized carbons (Fsp3) is 0.267. The molecule has 1 N–H and O–H groups in total. The van der Waals surface area contributed by atoms with E-state index in [1.807, 2.05) is 24.3 Å². The number of hydrogen-bond acceptors (Lipinski definition) is 3. The molecule has 0 aliphatic heterocycles. The minimum atomic E-state index is 0.823. The molecule has 0 fully saturated rings. The summed E-state index contributed by atoms with van der Waals surface area (Å²) in [6.45, 7) is 3.77. The van der Waals surface area contributed by atoms with Crippen LogP contribution in [0.1, 0.15) is 12.5 Å². The maximum atomic E-state index is 4.59. The first-order valence-electron chi connectivity index (χ1n) is 6.36. The van der Waals surface area contributed by atoms with Crippen LogP contribution >= 0.6 is 15.9 Å². The van der Waals surface area contributed by atoms with E-state index < -0.39 is 0 Å². The van der Waals surface area contributed by atoms with Gasteiger partial charge in [-0.3, -0.25) is 0 Å². The molecule has 0 spiro atoms. The lowest BCUT2D eigenvalue weighted by atomic mass is 10.2. The molecule has 0 atom stereocenters. The molecule has 0 saturated heterocycles. The number of aromatic nitrogens is 1. The normalized spacial score (nSPS) is 10.3. The number of benzene rings is 1. The molecule has 2 aromatic rings. The summed E-state index contributed by atoms with van der Waals surface area (Å²) in [6, 6.07) is 14.3. The third-order valence-corrected chi connectivity index (χ3v) is 3.62. The van der Waals surface area contributed by atoms with E-state index in [0.29, 0.717) is 0 Å². The van der Waals surface area contributed by atoms with Crippen LogP contribution in [0.25, 0.3) is 0 Å². The minimum Gasteiger partial charge on any atom is -0.370 e. The van der Waals surface area contributed by atoms with Crippen LogP contribution in [0.4, 0.5) is 11.6 Å². The third kappa shape index (κ3) is 3.70. The smallest absolute Gasteiger partial charge is 0.130 e. The number of halogens is 1. The second-order valence-corrected chi connectivity index (χ2v) is 5.21. The molecule has 0 aliphatic carbocycles. The van der Waals surface area contributed by atoms with Crippen LogP contribution in [0.5, 0.6) is 0 Å². The minimum absolute atomic E-state index is 0.823. The summed E-state index contributed by atoms with van der Waals surface area (Å²) in [4.78, 5) is 6.73. The fourth-order valence-corrected chi connectivity index (χ4v) is 2.29. The van der Waals surface area contributed by atoms with Crippen LogP contribution in [-0.4, -0.2) is 18.6 Å². The van der Waals surface area contributed by atoms with Gasteiger partial charge < -0.3 is 10.2 Å². The van der Waals surface area contributed by atoms with Gasteiger partial charge in [-0.25, -0.2) is 4.98 Å². The van der Waals surface area contributed by atoms with Crippen molar-refractivity contribution in [2.75, 3.05) is 23.8 Å². The zero-order valence-electron chi connectivity index (χ0n) is 11.2. The molecular formula is C15H18BrN3. The summed E-state index contributed by atoms with van der Waals surface area (Å²) in [7, 11) is 2.05. The van der Waals surface area contributed by atoms with Crippen molar-refractivity contribution < 1.29 is 0 Å². The maximum Gasteiger partial charge on any atom is 0.130 e. The highest BCUT2D eigenvalue weighted by Crippen LogP contribution is 2.20. The van der Waals surface area contributed by atoms with E-state index in [-0.39, 0.29) is 0 Å². The van der Waals surface area contributed by atoms with Crippen LogP contribution in [0.2, 0.25) is 0 Å². The number of rotatable bonds is 5.